The summed E-state index contributed by atoms with van der Waals surface area (Å²) in [6.45, 7) is 10.1. The molecule has 1 saturated heterocycles. The van der Waals surface area contributed by atoms with Gasteiger partial charge in [0.25, 0.3) is 0 Å². The standard InChI is InChI=1S/C29H35F3N6O3S/c1-19-17-33-27(36-26(19)34-21-7-6-8-23(15-21)42(40,41)18-28(3,4)5)35-22-9-10-25(24(16-22)29(30,31)32)38-13-11-37(12-14-38)20(2)39/h6-10,15-17H,11-14,18H2,1-5H3,(H2,33,34,35,36). The van der Waals surface area contributed by atoms with Crippen molar-refractivity contribution in [2.45, 2.75) is 45.7 Å². The van der Waals surface area contributed by atoms with Crippen molar-refractivity contribution in [2.75, 3.05) is 47.5 Å². The Kier molecular flexibility index (Phi) is 8.72. The monoisotopic (exact) mass is 604 g/mol. The van der Waals surface area contributed by atoms with E-state index in [1.807, 2.05) is 20.8 Å². The van der Waals surface area contributed by atoms with Gasteiger partial charge in [-0.15, -0.1) is 0 Å². The molecule has 0 spiro atoms. The number of anilines is 5. The molecule has 2 N–H and O–H groups in total. The molecule has 1 aliphatic heterocycles. The van der Waals surface area contributed by atoms with E-state index >= 15 is 0 Å². The SMILES string of the molecule is CC(=O)N1CCN(c2ccc(Nc3ncc(C)c(Nc4cccc(S(=O)(=O)CC(C)(C)C)c4)n3)cc2C(F)(F)F)CC1. The first kappa shape index (κ1) is 31.1. The molecule has 3 aromatic rings. The number of halogens is 3. The van der Waals surface area contributed by atoms with Crippen molar-refractivity contribution in [1.29, 1.82) is 0 Å². The van der Waals surface area contributed by atoms with Crippen LogP contribution in [0.5, 0.6) is 0 Å². The van der Waals surface area contributed by atoms with Crippen LogP contribution in [-0.4, -0.2) is 61.1 Å². The van der Waals surface area contributed by atoms with E-state index in [0.29, 0.717) is 43.2 Å². The van der Waals surface area contributed by atoms with Gasteiger partial charge in [0.15, 0.2) is 9.84 Å². The summed E-state index contributed by atoms with van der Waals surface area (Å²) in [6.07, 6.45) is -3.09. The number of piperazine rings is 1. The van der Waals surface area contributed by atoms with Gasteiger partial charge in [-0.3, -0.25) is 4.79 Å². The number of sulfone groups is 1. The maximum Gasteiger partial charge on any atom is 0.418 e. The molecule has 4 rings (SSSR count). The normalized spacial score (nSPS) is 14.6. The summed E-state index contributed by atoms with van der Waals surface area (Å²) >= 11 is 0. The number of hydrogen-bond acceptors (Lipinski definition) is 8. The average Bonchev–Trinajstić information content (AvgIpc) is 2.89. The Labute approximate surface area is 244 Å². The van der Waals surface area contributed by atoms with E-state index in [1.165, 1.54) is 37.4 Å². The average molecular weight is 605 g/mol. The molecule has 13 heteroatoms. The lowest BCUT2D eigenvalue weighted by atomic mass is 10.0. The fourth-order valence-corrected chi connectivity index (χ4v) is 6.59. The van der Waals surface area contributed by atoms with Crippen LogP contribution in [0.2, 0.25) is 0 Å². The van der Waals surface area contributed by atoms with Crippen LogP contribution < -0.4 is 15.5 Å². The smallest absolute Gasteiger partial charge is 0.367 e. The zero-order chi connectivity index (χ0) is 30.9. The highest BCUT2D eigenvalue weighted by molar-refractivity contribution is 7.91. The fraction of sp³-hybridized carbons (Fsp3) is 0.414. The zero-order valence-corrected chi connectivity index (χ0v) is 25.0. The van der Waals surface area contributed by atoms with Crippen LogP contribution in [-0.2, 0) is 20.8 Å². The Morgan fingerprint density at radius 3 is 2.26 bits per heavy atom. The fourth-order valence-electron chi connectivity index (χ4n) is 4.69. The molecule has 2 aromatic carbocycles. The molecule has 0 bridgehead atoms. The van der Waals surface area contributed by atoms with Gasteiger partial charge >= 0.3 is 6.18 Å². The predicted octanol–water partition coefficient (Wildman–Crippen LogP) is 5.78. The second kappa shape index (κ2) is 11.8. The third kappa shape index (κ3) is 7.69. The molecule has 9 nitrogen and oxygen atoms in total. The number of alkyl halides is 3. The van der Waals surface area contributed by atoms with Crippen molar-refractivity contribution >= 4 is 44.6 Å². The molecule has 1 aromatic heterocycles. The van der Waals surface area contributed by atoms with Crippen LogP contribution in [0, 0.1) is 12.3 Å². The van der Waals surface area contributed by atoms with Gasteiger partial charge in [0.05, 0.1) is 16.2 Å². The number of aryl methyl sites for hydroxylation is 1. The highest BCUT2D eigenvalue weighted by Crippen LogP contribution is 2.39. The van der Waals surface area contributed by atoms with Gasteiger partial charge < -0.3 is 20.4 Å². The first-order chi connectivity index (χ1) is 19.5. The zero-order valence-electron chi connectivity index (χ0n) is 24.2. The molecule has 1 amide bonds. The van der Waals surface area contributed by atoms with Crippen LogP contribution in [0.4, 0.5) is 42.0 Å². The molecule has 0 radical (unpaired) electrons. The highest BCUT2D eigenvalue weighted by Gasteiger charge is 2.36. The van der Waals surface area contributed by atoms with E-state index in [4.69, 9.17) is 0 Å². The molecule has 0 saturated carbocycles. The van der Waals surface area contributed by atoms with Crippen LogP contribution in [0.3, 0.4) is 0 Å². The largest absolute Gasteiger partial charge is 0.418 e. The summed E-state index contributed by atoms with van der Waals surface area (Å²) in [7, 11) is -3.52. The molecule has 226 valence electrons. The van der Waals surface area contributed by atoms with Gasteiger partial charge in [0.1, 0.15) is 5.82 Å². The molecular weight excluding hydrogens is 569 g/mol. The summed E-state index contributed by atoms with van der Waals surface area (Å²) in [5.41, 5.74) is 0.123. The number of aromatic nitrogens is 2. The van der Waals surface area contributed by atoms with E-state index in [0.717, 1.165) is 6.07 Å². The van der Waals surface area contributed by atoms with Crippen molar-refractivity contribution in [2.24, 2.45) is 5.41 Å². The van der Waals surface area contributed by atoms with Gasteiger partial charge in [-0.25, -0.2) is 13.4 Å². The molecule has 1 aliphatic rings. The molecule has 42 heavy (non-hydrogen) atoms. The van der Waals surface area contributed by atoms with Crippen LogP contribution >= 0.6 is 0 Å². The van der Waals surface area contributed by atoms with Crippen molar-refractivity contribution in [3.05, 3.63) is 59.8 Å². The van der Waals surface area contributed by atoms with Gasteiger partial charge in [-0.1, -0.05) is 26.8 Å². The molecule has 2 heterocycles. The highest BCUT2D eigenvalue weighted by atomic mass is 32.2. The maximum absolute atomic E-state index is 14.1. The summed E-state index contributed by atoms with van der Waals surface area (Å²) < 4.78 is 68.0. The van der Waals surface area contributed by atoms with E-state index in [9.17, 15) is 26.4 Å². The van der Waals surface area contributed by atoms with Crippen molar-refractivity contribution in [1.82, 2.24) is 14.9 Å². The number of benzene rings is 2. The van der Waals surface area contributed by atoms with Crippen LogP contribution in [0.25, 0.3) is 0 Å². The Hall–Kier alpha value is -3.87. The topological polar surface area (TPSA) is 108 Å². The maximum atomic E-state index is 14.1. The molecule has 0 aliphatic carbocycles. The lowest BCUT2D eigenvalue weighted by Gasteiger charge is -2.36. The van der Waals surface area contributed by atoms with E-state index in [2.05, 4.69) is 20.6 Å². The minimum absolute atomic E-state index is 0.0165. The minimum Gasteiger partial charge on any atom is -0.367 e. The second-order valence-electron chi connectivity index (χ2n) is 11.5. The summed E-state index contributed by atoms with van der Waals surface area (Å²) in [4.78, 5) is 23.7. The number of nitrogens with zero attached hydrogens (tertiary/aromatic N) is 4. The number of nitrogens with one attached hydrogen (secondary N) is 2. The van der Waals surface area contributed by atoms with Gasteiger partial charge in [0.2, 0.25) is 11.9 Å². The quantitative estimate of drug-likeness (QED) is 0.350. The first-order valence-electron chi connectivity index (χ1n) is 13.4. The van der Waals surface area contributed by atoms with Gasteiger partial charge in [-0.2, -0.15) is 18.2 Å². The lowest BCUT2D eigenvalue weighted by molar-refractivity contribution is -0.137. The third-order valence-corrected chi connectivity index (χ3v) is 8.89. The second-order valence-corrected chi connectivity index (χ2v) is 13.5. The van der Waals surface area contributed by atoms with Crippen molar-refractivity contribution in [3.63, 3.8) is 0 Å². The predicted molar refractivity (Wildman–Crippen MR) is 157 cm³/mol. The number of carbonyl (C=O) groups excluding carboxylic acids is 1. The molecule has 1 fully saturated rings. The molecule has 0 unspecified atom stereocenters. The van der Waals surface area contributed by atoms with E-state index < -0.39 is 27.0 Å². The van der Waals surface area contributed by atoms with Gasteiger partial charge in [0, 0.05) is 61.9 Å². The van der Waals surface area contributed by atoms with Crippen LogP contribution in [0.15, 0.2) is 53.6 Å². The molecular formula is C29H35F3N6O3S. The third-order valence-electron chi connectivity index (χ3n) is 6.67. The summed E-state index contributed by atoms with van der Waals surface area (Å²) in [5.74, 6) is 0.317. The Morgan fingerprint density at radius 1 is 0.976 bits per heavy atom. The number of amides is 1. The number of hydrogen-bond donors (Lipinski definition) is 2. The van der Waals surface area contributed by atoms with E-state index in [-0.39, 0.29) is 33.9 Å². The Bertz CT molecular complexity index is 1560. The number of rotatable bonds is 7. The summed E-state index contributed by atoms with van der Waals surface area (Å²) in [5, 5.41) is 5.96. The van der Waals surface area contributed by atoms with Crippen molar-refractivity contribution < 1.29 is 26.4 Å². The Morgan fingerprint density at radius 2 is 1.64 bits per heavy atom. The first-order valence-corrected chi connectivity index (χ1v) is 15.1. The number of carbonyl (C=O) groups is 1. The van der Waals surface area contributed by atoms with Crippen LogP contribution in [0.1, 0.15) is 38.8 Å². The van der Waals surface area contributed by atoms with Crippen molar-refractivity contribution in [3.8, 4) is 0 Å². The van der Waals surface area contributed by atoms with Gasteiger partial charge in [-0.05, 0) is 48.7 Å². The summed E-state index contributed by atoms with van der Waals surface area (Å²) in [6, 6.07) is 10.4. The minimum atomic E-state index is -4.61. The van der Waals surface area contributed by atoms with E-state index in [1.54, 1.807) is 28.9 Å². The lowest BCUT2D eigenvalue weighted by Crippen LogP contribution is -2.48. The molecule has 0 atom stereocenters. The Balaban J connectivity index is 1.55.